The Morgan fingerprint density at radius 3 is 2.67 bits per heavy atom. The van der Waals surface area contributed by atoms with Gasteiger partial charge in [-0.1, -0.05) is 5.21 Å². The molecule has 5 nitrogen and oxygen atoms in total. The number of carboxylic acid groups (broad SMARTS) is 1. The van der Waals surface area contributed by atoms with Crippen molar-refractivity contribution in [1.82, 2.24) is 15.0 Å². The summed E-state index contributed by atoms with van der Waals surface area (Å²) in [6.45, 7) is 0.0102. The summed E-state index contributed by atoms with van der Waals surface area (Å²) in [5, 5.41) is 16.0. The lowest BCUT2D eigenvalue weighted by atomic mass is 10.2. The summed E-state index contributed by atoms with van der Waals surface area (Å²) >= 11 is -0.149. The van der Waals surface area contributed by atoms with Gasteiger partial charge in [0.1, 0.15) is 0 Å². The molecule has 1 aliphatic rings. The van der Waals surface area contributed by atoms with Crippen molar-refractivity contribution < 1.29 is 23.1 Å². The lowest BCUT2D eigenvalue weighted by Crippen LogP contribution is -2.11. The molecule has 1 aromatic heterocycles. The maximum Gasteiger partial charge on any atom is 0.441 e. The first-order valence-corrected chi connectivity index (χ1v) is 6.24. The summed E-state index contributed by atoms with van der Waals surface area (Å²) in [5.41, 5.74) is -3.98. The second kappa shape index (κ2) is 4.79. The van der Waals surface area contributed by atoms with Crippen LogP contribution in [0.25, 0.3) is 0 Å². The van der Waals surface area contributed by atoms with E-state index in [1.54, 1.807) is 0 Å². The topological polar surface area (TPSA) is 68.0 Å². The van der Waals surface area contributed by atoms with Crippen molar-refractivity contribution in [2.75, 3.05) is 5.75 Å². The number of aryl methyl sites for hydroxylation is 1. The number of carboxylic acids is 1. The molecule has 18 heavy (non-hydrogen) atoms. The van der Waals surface area contributed by atoms with Crippen molar-refractivity contribution in [2.24, 2.45) is 0 Å². The van der Waals surface area contributed by atoms with Gasteiger partial charge in [-0.25, -0.2) is 9.48 Å². The molecule has 0 aliphatic heterocycles. The number of aromatic carboxylic acids is 1. The quantitative estimate of drug-likeness (QED) is 0.895. The predicted molar refractivity (Wildman–Crippen MR) is 57.5 cm³/mol. The molecule has 2 rings (SSSR count). The Balaban J connectivity index is 2.06. The van der Waals surface area contributed by atoms with Crippen molar-refractivity contribution in [3.8, 4) is 0 Å². The maximum absolute atomic E-state index is 12.0. The highest BCUT2D eigenvalue weighted by Crippen LogP contribution is 2.41. The van der Waals surface area contributed by atoms with Crippen molar-refractivity contribution in [1.29, 1.82) is 0 Å². The number of alkyl halides is 3. The number of nitrogens with zero attached hydrogens (tertiary/aromatic N) is 3. The largest absolute Gasteiger partial charge is 0.476 e. The third kappa shape index (κ3) is 3.15. The molecule has 0 atom stereocenters. The number of hydrogen-bond acceptors (Lipinski definition) is 4. The van der Waals surface area contributed by atoms with Gasteiger partial charge in [-0.05, 0) is 24.6 Å². The van der Waals surface area contributed by atoms with E-state index in [-0.39, 0.29) is 35.7 Å². The van der Waals surface area contributed by atoms with Gasteiger partial charge >= 0.3 is 11.5 Å². The van der Waals surface area contributed by atoms with Crippen LogP contribution in [0.2, 0.25) is 0 Å². The number of carbonyl (C=O) groups is 1. The first kappa shape index (κ1) is 13.2. The lowest BCUT2D eigenvalue weighted by Gasteiger charge is -2.07. The summed E-state index contributed by atoms with van der Waals surface area (Å²) in [4.78, 5) is 10.9. The van der Waals surface area contributed by atoms with Crippen LogP contribution >= 0.6 is 11.8 Å². The summed E-state index contributed by atoms with van der Waals surface area (Å²) in [5.74, 6) is -1.32. The van der Waals surface area contributed by atoms with E-state index in [2.05, 4.69) is 10.3 Å². The second-order valence-electron chi connectivity index (χ2n) is 3.92. The average Bonchev–Trinajstić information content (AvgIpc) is 2.98. The molecule has 0 saturated heterocycles. The molecule has 1 aromatic rings. The number of rotatable bonds is 5. The zero-order valence-electron chi connectivity index (χ0n) is 9.15. The summed E-state index contributed by atoms with van der Waals surface area (Å²) < 4.78 is 37.2. The highest BCUT2D eigenvalue weighted by molar-refractivity contribution is 8.00. The highest BCUT2D eigenvalue weighted by atomic mass is 32.2. The van der Waals surface area contributed by atoms with Crippen LogP contribution in [-0.4, -0.2) is 37.3 Å². The van der Waals surface area contributed by atoms with Gasteiger partial charge in [0.2, 0.25) is 0 Å². The van der Waals surface area contributed by atoms with Crippen LogP contribution < -0.4 is 0 Å². The number of halogens is 3. The van der Waals surface area contributed by atoms with Gasteiger partial charge in [-0.3, -0.25) is 0 Å². The van der Waals surface area contributed by atoms with E-state index >= 15 is 0 Å². The summed E-state index contributed by atoms with van der Waals surface area (Å²) in [7, 11) is 0. The Bertz CT molecular complexity index is 456. The molecule has 1 saturated carbocycles. The van der Waals surface area contributed by atoms with Crippen LogP contribution in [0.1, 0.15) is 34.9 Å². The van der Waals surface area contributed by atoms with Gasteiger partial charge in [-0.15, -0.1) is 5.10 Å². The van der Waals surface area contributed by atoms with E-state index < -0.39 is 11.5 Å². The normalized spacial score (nSPS) is 15.9. The third-order valence-corrected chi connectivity index (χ3v) is 3.22. The Morgan fingerprint density at radius 1 is 1.50 bits per heavy atom. The van der Waals surface area contributed by atoms with E-state index in [1.165, 1.54) is 4.68 Å². The van der Waals surface area contributed by atoms with Gasteiger partial charge < -0.3 is 5.11 Å². The molecular formula is C9H10F3N3O2S. The minimum atomic E-state index is -4.28. The number of thioether (sulfide) groups is 1. The van der Waals surface area contributed by atoms with Crippen LogP contribution in [0, 0.1) is 0 Å². The smallest absolute Gasteiger partial charge is 0.441 e. The van der Waals surface area contributed by atoms with E-state index in [0.29, 0.717) is 5.69 Å². The molecule has 0 bridgehead atoms. The fraction of sp³-hybridized carbons (Fsp3) is 0.667. The van der Waals surface area contributed by atoms with Gasteiger partial charge in [0.05, 0.1) is 12.2 Å². The van der Waals surface area contributed by atoms with Gasteiger partial charge in [0, 0.05) is 11.7 Å². The van der Waals surface area contributed by atoms with Gasteiger partial charge in [0.15, 0.2) is 5.69 Å². The number of hydrogen-bond donors (Lipinski definition) is 1. The van der Waals surface area contributed by atoms with Crippen molar-refractivity contribution >= 4 is 17.7 Å². The highest BCUT2D eigenvalue weighted by Gasteiger charge is 2.34. The fourth-order valence-electron chi connectivity index (χ4n) is 1.65. The number of aromatic nitrogens is 3. The molecule has 0 unspecified atom stereocenters. The van der Waals surface area contributed by atoms with Gasteiger partial charge in [-0.2, -0.15) is 13.2 Å². The maximum atomic E-state index is 12.0. The Labute approximate surface area is 104 Å². The third-order valence-electron chi connectivity index (χ3n) is 2.51. The van der Waals surface area contributed by atoms with E-state index in [9.17, 15) is 18.0 Å². The Hall–Kier alpha value is -1.25. The predicted octanol–water partition coefficient (Wildman–Crippen LogP) is 2.11. The molecular weight excluding hydrogens is 271 g/mol. The van der Waals surface area contributed by atoms with Crippen LogP contribution in [0.15, 0.2) is 0 Å². The Morgan fingerprint density at radius 2 is 2.17 bits per heavy atom. The Kier molecular flexibility index (Phi) is 3.51. The molecule has 1 heterocycles. The lowest BCUT2D eigenvalue weighted by molar-refractivity contribution is -0.0328. The standard InChI is InChI=1S/C9H10F3N3O2S/c10-9(11,12)18-4-3-15-7(5-1-2-5)6(8(16)17)13-14-15/h5H,1-4H2,(H,16,17). The van der Waals surface area contributed by atoms with Crippen molar-refractivity contribution in [3.63, 3.8) is 0 Å². The molecule has 1 N–H and O–H groups in total. The second-order valence-corrected chi connectivity index (χ2v) is 5.08. The molecule has 9 heteroatoms. The zero-order chi connectivity index (χ0) is 13.3. The molecule has 100 valence electrons. The first-order chi connectivity index (χ1) is 8.38. The van der Waals surface area contributed by atoms with Gasteiger partial charge in [0.25, 0.3) is 0 Å². The van der Waals surface area contributed by atoms with E-state index in [4.69, 9.17) is 5.11 Å². The minimum absolute atomic E-state index is 0.0102. The fourth-order valence-corrected chi connectivity index (χ4v) is 2.14. The van der Waals surface area contributed by atoms with Crippen molar-refractivity contribution in [3.05, 3.63) is 11.4 Å². The van der Waals surface area contributed by atoms with E-state index in [0.717, 1.165) is 12.8 Å². The van der Waals surface area contributed by atoms with E-state index in [1.807, 2.05) is 0 Å². The van der Waals surface area contributed by atoms with Crippen LogP contribution in [0.4, 0.5) is 13.2 Å². The summed E-state index contributed by atoms with van der Waals surface area (Å²) in [6, 6.07) is 0. The molecule has 1 fully saturated rings. The zero-order valence-corrected chi connectivity index (χ0v) is 9.96. The van der Waals surface area contributed by atoms with Crippen LogP contribution in [0.5, 0.6) is 0 Å². The molecule has 1 aliphatic carbocycles. The average molecular weight is 281 g/mol. The molecule has 0 amide bonds. The molecule has 0 aromatic carbocycles. The monoisotopic (exact) mass is 281 g/mol. The minimum Gasteiger partial charge on any atom is -0.476 e. The SMILES string of the molecule is O=C(O)c1nnn(CCSC(F)(F)F)c1C1CC1. The van der Waals surface area contributed by atoms with Crippen LogP contribution in [-0.2, 0) is 6.54 Å². The van der Waals surface area contributed by atoms with Crippen LogP contribution in [0.3, 0.4) is 0 Å². The first-order valence-electron chi connectivity index (χ1n) is 5.26. The molecule has 0 radical (unpaired) electrons. The summed E-state index contributed by atoms with van der Waals surface area (Å²) in [6.07, 6.45) is 1.67. The van der Waals surface area contributed by atoms with Crippen molar-refractivity contribution in [2.45, 2.75) is 30.8 Å². The molecule has 0 spiro atoms.